The smallest absolute Gasteiger partial charge is 0.157 e. The first-order valence-corrected chi connectivity index (χ1v) is 8.35. The molecule has 1 N–H and O–H groups in total. The van der Waals surface area contributed by atoms with Gasteiger partial charge in [-0.1, -0.05) is 55.9 Å². The largest absolute Gasteiger partial charge is 0.361 e. The summed E-state index contributed by atoms with van der Waals surface area (Å²) in [7, 11) is 0. The summed E-state index contributed by atoms with van der Waals surface area (Å²) in [5.41, 5.74) is 1.37. The number of aliphatic imine (C=N–C) groups is 1. The van der Waals surface area contributed by atoms with Crippen molar-refractivity contribution in [2.75, 3.05) is 26.2 Å². The highest BCUT2D eigenvalue weighted by molar-refractivity contribution is 8.14. The van der Waals surface area contributed by atoms with Crippen molar-refractivity contribution in [3.8, 4) is 0 Å². The van der Waals surface area contributed by atoms with E-state index in [-0.39, 0.29) is 0 Å². The van der Waals surface area contributed by atoms with Crippen LogP contribution < -0.4 is 5.32 Å². The van der Waals surface area contributed by atoms with Gasteiger partial charge in [0.05, 0.1) is 11.8 Å². The Labute approximate surface area is 126 Å². The van der Waals surface area contributed by atoms with Gasteiger partial charge in [0, 0.05) is 12.6 Å². The number of amidine groups is 1. The molecule has 0 saturated carbocycles. The van der Waals surface area contributed by atoms with Crippen molar-refractivity contribution in [2.45, 2.75) is 32.1 Å². The number of nitrogens with zero attached hydrogens (tertiary/aromatic N) is 2. The molecule has 1 heterocycles. The molecule has 0 spiro atoms. The summed E-state index contributed by atoms with van der Waals surface area (Å²) in [4.78, 5) is 7.08. The Bertz CT molecular complexity index is 429. The van der Waals surface area contributed by atoms with Crippen LogP contribution in [0, 0.1) is 0 Å². The van der Waals surface area contributed by atoms with Crippen molar-refractivity contribution in [3.63, 3.8) is 0 Å². The predicted molar refractivity (Wildman–Crippen MR) is 89.5 cm³/mol. The molecule has 2 rings (SSSR count). The van der Waals surface area contributed by atoms with E-state index in [0.29, 0.717) is 11.3 Å². The van der Waals surface area contributed by atoms with Gasteiger partial charge in [0.1, 0.15) is 0 Å². The molecule has 20 heavy (non-hydrogen) atoms. The summed E-state index contributed by atoms with van der Waals surface area (Å²) in [6.45, 7) is 10.8. The molecule has 0 bridgehead atoms. The zero-order valence-corrected chi connectivity index (χ0v) is 13.5. The van der Waals surface area contributed by atoms with Crippen LogP contribution in [-0.4, -0.2) is 42.3 Å². The van der Waals surface area contributed by atoms with Crippen LogP contribution in [0.1, 0.15) is 31.6 Å². The average Bonchev–Trinajstić information content (AvgIpc) is 2.94. The number of hydrogen-bond acceptors (Lipinski definition) is 4. The molecule has 110 valence electrons. The minimum atomic E-state index is 0.440. The summed E-state index contributed by atoms with van der Waals surface area (Å²) in [6.07, 6.45) is 0. The van der Waals surface area contributed by atoms with Gasteiger partial charge in [-0.15, -0.1) is 0 Å². The number of thioether (sulfide) groups is 1. The molecule has 0 amide bonds. The lowest BCUT2D eigenvalue weighted by Gasteiger charge is -2.23. The zero-order valence-electron chi connectivity index (χ0n) is 12.7. The lowest BCUT2D eigenvalue weighted by molar-refractivity contribution is 0.282. The van der Waals surface area contributed by atoms with E-state index in [1.165, 1.54) is 5.56 Å². The van der Waals surface area contributed by atoms with Crippen LogP contribution in [0.5, 0.6) is 0 Å². The number of benzene rings is 1. The van der Waals surface area contributed by atoms with Gasteiger partial charge in [-0.25, -0.2) is 0 Å². The highest BCUT2D eigenvalue weighted by Gasteiger charge is 2.22. The van der Waals surface area contributed by atoms with Crippen LogP contribution in [0.15, 0.2) is 35.3 Å². The van der Waals surface area contributed by atoms with E-state index < -0.39 is 0 Å². The number of rotatable bonds is 6. The third-order valence-corrected chi connectivity index (χ3v) is 4.80. The topological polar surface area (TPSA) is 27.6 Å². The first-order valence-electron chi connectivity index (χ1n) is 7.47. The Hall–Kier alpha value is -1.00. The molecule has 3 nitrogen and oxygen atoms in total. The Morgan fingerprint density at radius 1 is 1.30 bits per heavy atom. The van der Waals surface area contributed by atoms with E-state index >= 15 is 0 Å². The third-order valence-electron chi connectivity index (χ3n) is 3.62. The van der Waals surface area contributed by atoms with Crippen LogP contribution in [0.3, 0.4) is 0 Å². The molecule has 1 aliphatic heterocycles. The molecule has 1 aromatic carbocycles. The maximum Gasteiger partial charge on any atom is 0.157 e. The first-order chi connectivity index (χ1) is 9.72. The lowest BCUT2D eigenvalue weighted by Crippen LogP contribution is -2.40. The second-order valence-electron chi connectivity index (χ2n) is 5.19. The quantitative estimate of drug-likeness (QED) is 0.872. The Kier molecular flexibility index (Phi) is 5.92. The van der Waals surface area contributed by atoms with Gasteiger partial charge in [0.2, 0.25) is 0 Å². The predicted octanol–water partition coefficient (Wildman–Crippen LogP) is 3.15. The van der Waals surface area contributed by atoms with E-state index in [1.807, 2.05) is 11.8 Å². The van der Waals surface area contributed by atoms with Crippen molar-refractivity contribution in [3.05, 3.63) is 35.9 Å². The van der Waals surface area contributed by atoms with Crippen LogP contribution in [0.4, 0.5) is 0 Å². The molecule has 2 unspecified atom stereocenters. The van der Waals surface area contributed by atoms with Crippen LogP contribution in [-0.2, 0) is 0 Å². The number of likely N-dealkylation sites (N-methyl/N-ethyl adjacent to an activating group) is 1. The third kappa shape index (κ3) is 4.25. The molecule has 2 atom stereocenters. The van der Waals surface area contributed by atoms with Gasteiger partial charge in [0.15, 0.2) is 5.17 Å². The monoisotopic (exact) mass is 291 g/mol. The van der Waals surface area contributed by atoms with Crippen molar-refractivity contribution in [2.24, 2.45) is 4.99 Å². The zero-order chi connectivity index (χ0) is 14.4. The van der Waals surface area contributed by atoms with Crippen molar-refractivity contribution < 1.29 is 0 Å². The summed E-state index contributed by atoms with van der Waals surface area (Å²) < 4.78 is 0. The van der Waals surface area contributed by atoms with Gasteiger partial charge in [-0.05, 0) is 25.6 Å². The molecule has 1 aromatic rings. The molecule has 0 saturated heterocycles. The Morgan fingerprint density at radius 3 is 2.65 bits per heavy atom. The maximum absolute atomic E-state index is 4.64. The number of nitrogens with one attached hydrogen (secondary N) is 1. The van der Waals surface area contributed by atoms with Crippen LogP contribution in [0.25, 0.3) is 0 Å². The average molecular weight is 291 g/mol. The van der Waals surface area contributed by atoms with Gasteiger partial charge in [0.25, 0.3) is 0 Å². The minimum absolute atomic E-state index is 0.440. The summed E-state index contributed by atoms with van der Waals surface area (Å²) >= 11 is 1.85. The lowest BCUT2D eigenvalue weighted by atomic mass is 10.1. The van der Waals surface area contributed by atoms with E-state index in [4.69, 9.17) is 0 Å². The molecule has 0 fully saturated rings. The van der Waals surface area contributed by atoms with Crippen molar-refractivity contribution in [1.29, 1.82) is 0 Å². The maximum atomic E-state index is 4.64. The second-order valence-corrected chi connectivity index (χ2v) is 6.39. The fourth-order valence-electron chi connectivity index (χ4n) is 2.42. The summed E-state index contributed by atoms with van der Waals surface area (Å²) in [6, 6.07) is 11.1. The van der Waals surface area contributed by atoms with Crippen LogP contribution >= 0.6 is 11.8 Å². The standard InChI is InChI=1S/C16H25N3S/c1-4-19(5-2)12-13(3)18-16-17-11-15(20-16)14-9-7-6-8-10-14/h6-10,13,15H,4-5,11-12H2,1-3H3,(H,17,18). The van der Waals surface area contributed by atoms with Gasteiger partial charge in [-0.2, -0.15) is 0 Å². The van der Waals surface area contributed by atoms with Crippen LogP contribution in [0.2, 0.25) is 0 Å². The van der Waals surface area contributed by atoms with Gasteiger partial charge < -0.3 is 10.2 Å². The SMILES string of the molecule is CCN(CC)CC(C)NC1=NCC(c2ccccc2)S1. The molecule has 0 aliphatic carbocycles. The summed E-state index contributed by atoms with van der Waals surface area (Å²) in [5.74, 6) is 0. The highest BCUT2D eigenvalue weighted by atomic mass is 32.2. The van der Waals surface area contributed by atoms with Gasteiger partial charge in [-0.3, -0.25) is 4.99 Å². The molecular formula is C16H25N3S. The van der Waals surface area contributed by atoms with E-state index in [1.54, 1.807) is 0 Å². The Balaban J connectivity index is 1.81. The van der Waals surface area contributed by atoms with E-state index in [0.717, 1.165) is 31.3 Å². The highest BCUT2D eigenvalue weighted by Crippen LogP contribution is 2.34. The fraction of sp³-hybridized carbons (Fsp3) is 0.562. The van der Waals surface area contributed by atoms with E-state index in [9.17, 15) is 0 Å². The normalized spacial score (nSPS) is 20.0. The molecule has 1 aliphatic rings. The number of hydrogen-bond donors (Lipinski definition) is 1. The van der Waals surface area contributed by atoms with Crippen molar-refractivity contribution in [1.82, 2.24) is 10.2 Å². The fourth-order valence-corrected chi connectivity index (χ4v) is 3.55. The van der Waals surface area contributed by atoms with Gasteiger partial charge >= 0.3 is 0 Å². The Morgan fingerprint density at radius 2 is 2.00 bits per heavy atom. The first kappa shape index (κ1) is 15.4. The molecule has 0 radical (unpaired) electrons. The minimum Gasteiger partial charge on any atom is -0.361 e. The molecule has 4 heteroatoms. The van der Waals surface area contributed by atoms with Crippen molar-refractivity contribution >= 4 is 16.9 Å². The second kappa shape index (κ2) is 7.70. The summed E-state index contributed by atoms with van der Waals surface area (Å²) in [5, 5.41) is 5.12. The molecular weight excluding hydrogens is 266 g/mol. The van der Waals surface area contributed by atoms with E-state index in [2.05, 4.69) is 66.3 Å². The molecule has 0 aromatic heterocycles.